The van der Waals surface area contributed by atoms with Gasteiger partial charge in [0, 0.05) is 12.5 Å². The first-order chi connectivity index (χ1) is 9.13. The number of benzene rings is 1. The lowest BCUT2D eigenvalue weighted by Gasteiger charge is -2.31. The van der Waals surface area contributed by atoms with E-state index in [1.165, 1.54) is 5.56 Å². The van der Waals surface area contributed by atoms with Crippen molar-refractivity contribution < 1.29 is 9.94 Å². The topological polar surface area (TPSA) is 71.1 Å². The Kier molecular flexibility index (Phi) is 4.27. The highest BCUT2D eigenvalue weighted by atomic mass is 16.5. The number of ether oxygens (including phenoxy) is 1. The van der Waals surface area contributed by atoms with Crippen molar-refractivity contribution in [1.82, 2.24) is 4.90 Å². The number of hydrogen-bond acceptors (Lipinski definition) is 4. The minimum atomic E-state index is -0.0833. The van der Waals surface area contributed by atoms with Crippen LogP contribution in [0.2, 0.25) is 0 Å². The van der Waals surface area contributed by atoms with Crippen LogP contribution >= 0.6 is 0 Å². The average molecular weight is 263 g/mol. The van der Waals surface area contributed by atoms with Crippen LogP contribution in [0.15, 0.2) is 29.4 Å². The number of nitrogens with zero attached hydrogens (tertiary/aromatic N) is 2. The average Bonchev–Trinajstić information content (AvgIpc) is 2.46. The van der Waals surface area contributed by atoms with Crippen molar-refractivity contribution in [3.05, 3.63) is 29.8 Å². The molecule has 104 valence electrons. The van der Waals surface area contributed by atoms with Crippen molar-refractivity contribution in [3.63, 3.8) is 0 Å². The van der Waals surface area contributed by atoms with E-state index in [0.29, 0.717) is 5.92 Å². The number of amidine groups is 1. The Morgan fingerprint density at radius 2 is 2.32 bits per heavy atom. The molecule has 5 heteroatoms. The van der Waals surface area contributed by atoms with Crippen LogP contribution in [0.3, 0.4) is 0 Å². The van der Waals surface area contributed by atoms with Gasteiger partial charge < -0.3 is 15.7 Å². The van der Waals surface area contributed by atoms with Crippen molar-refractivity contribution in [2.24, 2.45) is 10.9 Å². The number of likely N-dealkylation sites (N-methyl/N-ethyl adjacent to an activating group) is 1. The lowest BCUT2D eigenvalue weighted by Crippen LogP contribution is -2.42. The molecular weight excluding hydrogens is 242 g/mol. The van der Waals surface area contributed by atoms with E-state index >= 15 is 0 Å². The molecule has 0 radical (unpaired) electrons. The van der Waals surface area contributed by atoms with Crippen LogP contribution < -0.4 is 10.5 Å². The molecule has 1 aliphatic rings. The van der Waals surface area contributed by atoms with Gasteiger partial charge in [-0.1, -0.05) is 23.4 Å². The van der Waals surface area contributed by atoms with Gasteiger partial charge in [-0.3, -0.25) is 4.90 Å². The van der Waals surface area contributed by atoms with E-state index in [-0.39, 0.29) is 11.9 Å². The van der Waals surface area contributed by atoms with E-state index in [9.17, 15) is 0 Å². The summed E-state index contributed by atoms with van der Waals surface area (Å²) in [5.41, 5.74) is 6.89. The van der Waals surface area contributed by atoms with Gasteiger partial charge in [-0.15, -0.1) is 0 Å². The second kappa shape index (κ2) is 5.93. The minimum Gasteiger partial charge on any atom is -0.493 e. The summed E-state index contributed by atoms with van der Waals surface area (Å²) in [5.74, 6) is 1.63. The van der Waals surface area contributed by atoms with Gasteiger partial charge in [-0.05, 0) is 32.0 Å². The number of rotatable bonds is 4. The summed E-state index contributed by atoms with van der Waals surface area (Å²) >= 11 is 0. The van der Waals surface area contributed by atoms with Crippen LogP contribution in [0.4, 0.5) is 0 Å². The van der Waals surface area contributed by atoms with Crippen LogP contribution in [0.1, 0.15) is 24.8 Å². The molecule has 19 heavy (non-hydrogen) atoms. The summed E-state index contributed by atoms with van der Waals surface area (Å²) in [6.45, 7) is 3.53. The minimum absolute atomic E-state index is 0.0833. The Morgan fingerprint density at radius 3 is 3.05 bits per heavy atom. The molecule has 0 aliphatic carbocycles. The molecule has 0 amide bonds. The SMILES string of the molecule is CC(/C(N)=N/O)N(C)CC1CCOc2ccccc21. The van der Waals surface area contributed by atoms with E-state index in [4.69, 9.17) is 15.7 Å². The van der Waals surface area contributed by atoms with Crippen molar-refractivity contribution in [2.75, 3.05) is 20.2 Å². The summed E-state index contributed by atoms with van der Waals surface area (Å²) in [5, 5.41) is 11.8. The third-order valence-electron chi connectivity index (χ3n) is 3.80. The lowest BCUT2D eigenvalue weighted by atomic mass is 9.92. The highest BCUT2D eigenvalue weighted by molar-refractivity contribution is 5.84. The summed E-state index contributed by atoms with van der Waals surface area (Å²) in [6, 6.07) is 8.06. The monoisotopic (exact) mass is 263 g/mol. The fraction of sp³-hybridized carbons (Fsp3) is 0.500. The molecule has 2 rings (SSSR count). The fourth-order valence-electron chi connectivity index (χ4n) is 2.42. The summed E-state index contributed by atoms with van der Waals surface area (Å²) in [6.07, 6.45) is 0.990. The normalized spacial score (nSPS) is 20.8. The zero-order chi connectivity index (χ0) is 13.8. The van der Waals surface area contributed by atoms with Gasteiger partial charge >= 0.3 is 0 Å². The third-order valence-corrected chi connectivity index (χ3v) is 3.80. The Morgan fingerprint density at radius 1 is 1.58 bits per heavy atom. The van der Waals surface area contributed by atoms with E-state index in [0.717, 1.165) is 25.3 Å². The molecule has 1 aromatic carbocycles. The van der Waals surface area contributed by atoms with Crippen LogP contribution in [0.5, 0.6) is 5.75 Å². The Labute approximate surface area is 113 Å². The standard InChI is InChI=1S/C14H21N3O2/c1-10(14(15)16-18)17(2)9-11-7-8-19-13-6-4-3-5-12(11)13/h3-6,10-11,18H,7-9H2,1-2H3,(H2,15,16). The Bertz CT molecular complexity index is 462. The molecule has 0 spiro atoms. The van der Waals surface area contributed by atoms with Gasteiger partial charge in [0.15, 0.2) is 5.84 Å². The third kappa shape index (κ3) is 2.98. The smallest absolute Gasteiger partial charge is 0.156 e. The van der Waals surface area contributed by atoms with Gasteiger partial charge in [0.2, 0.25) is 0 Å². The van der Waals surface area contributed by atoms with Crippen LogP contribution in [0, 0.1) is 0 Å². The predicted molar refractivity (Wildman–Crippen MR) is 74.8 cm³/mol. The first-order valence-corrected chi connectivity index (χ1v) is 6.53. The van der Waals surface area contributed by atoms with Crippen molar-refractivity contribution >= 4 is 5.84 Å². The molecule has 5 nitrogen and oxygen atoms in total. The number of oxime groups is 1. The van der Waals surface area contributed by atoms with E-state index in [1.54, 1.807) is 0 Å². The van der Waals surface area contributed by atoms with E-state index < -0.39 is 0 Å². The molecule has 1 heterocycles. The zero-order valence-electron chi connectivity index (χ0n) is 11.4. The molecule has 1 aromatic rings. The highest BCUT2D eigenvalue weighted by Gasteiger charge is 2.24. The Balaban J connectivity index is 2.08. The largest absolute Gasteiger partial charge is 0.493 e. The predicted octanol–water partition coefficient (Wildman–Crippen LogP) is 1.62. The van der Waals surface area contributed by atoms with Crippen molar-refractivity contribution in [2.45, 2.75) is 25.3 Å². The maximum atomic E-state index is 8.73. The number of nitrogens with two attached hydrogens (primary N) is 1. The second-order valence-electron chi connectivity index (χ2n) is 5.01. The molecular formula is C14H21N3O2. The maximum Gasteiger partial charge on any atom is 0.156 e. The first-order valence-electron chi connectivity index (χ1n) is 6.53. The van der Waals surface area contributed by atoms with Gasteiger partial charge in [-0.25, -0.2) is 0 Å². The first kappa shape index (κ1) is 13.7. The maximum absolute atomic E-state index is 8.73. The molecule has 0 bridgehead atoms. The second-order valence-corrected chi connectivity index (χ2v) is 5.01. The Hall–Kier alpha value is -1.75. The lowest BCUT2D eigenvalue weighted by molar-refractivity contribution is 0.221. The summed E-state index contributed by atoms with van der Waals surface area (Å²) in [4.78, 5) is 2.10. The molecule has 2 atom stereocenters. The molecule has 0 saturated carbocycles. The summed E-state index contributed by atoms with van der Waals surface area (Å²) < 4.78 is 5.66. The zero-order valence-corrected chi connectivity index (χ0v) is 11.4. The molecule has 3 N–H and O–H groups in total. The van der Waals surface area contributed by atoms with E-state index in [1.807, 2.05) is 32.2 Å². The van der Waals surface area contributed by atoms with Gasteiger partial charge in [0.1, 0.15) is 5.75 Å². The molecule has 0 fully saturated rings. The van der Waals surface area contributed by atoms with Gasteiger partial charge in [-0.2, -0.15) is 0 Å². The molecule has 0 aromatic heterocycles. The molecule has 1 aliphatic heterocycles. The van der Waals surface area contributed by atoms with E-state index in [2.05, 4.69) is 16.1 Å². The number of hydrogen-bond donors (Lipinski definition) is 2. The quantitative estimate of drug-likeness (QED) is 0.375. The van der Waals surface area contributed by atoms with Gasteiger partial charge in [0.25, 0.3) is 0 Å². The highest BCUT2D eigenvalue weighted by Crippen LogP contribution is 2.33. The van der Waals surface area contributed by atoms with Gasteiger partial charge in [0.05, 0.1) is 12.6 Å². The van der Waals surface area contributed by atoms with Crippen molar-refractivity contribution in [1.29, 1.82) is 0 Å². The van der Waals surface area contributed by atoms with Crippen molar-refractivity contribution in [3.8, 4) is 5.75 Å². The molecule has 0 saturated heterocycles. The number of para-hydroxylation sites is 1. The molecule has 2 unspecified atom stereocenters. The van der Waals surface area contributed by atoms with Crippen LogP contribution in [0.25, 0.3) is 0 Å². The summed E-state index contributed by atoms with van der Waals surface area (Å²) in [7, 11) is 1.99. The van der Waals surface area contributed by atoms with Crippen LogP contribution in [-0.4, -0.2) is 42.2 Å². The fourth-order valence-corrected chi connectivity index (χ4v) is 2.42. The number of fused-ring (bicyclic) bond motifs is 1. The van der Waals surface area contributed by atoms with Crippen LogP contribution in [-0.2, 0) is 0 Å².